The Morgan fingerprint density at radius 2 is 1.90 bits per heavy atom. The lowest BCUT2D eigenvalue weighted by molar-refractivity contribution is -0.144. The Kier molecular flexibility index (Phi) is 7.29. The second kappa shape index (κ2) is 9.00. The van der Waals surface area contributed by atoms with E-state index in [0.717, 1.165) is 18.4 Å². The van der Waals surface area contributed by atoms with Crippen molar-refractivity contribution >= 4 is 11.9 Å². The minimum absolute atomic E-state index is 0.0356. The number of hydrogen-bond donors (Lipinski definition) is 2. The topological polar surface area (TPSA) is 75.6 Å². The van der Waals surface area contributed by atoms with Crippen LogP contribution in [-0.4, -0.2) is 29.6 Å². The molecule has 0 saturated carbocycles. The second-order valence-electron chi connectivity index (χ2n) is 4.98. The van der Waals surface area contributed by atoms with Gasteiger partial charge < -0.3 is 15.2 Å². The highest BCUT2D eigenvalue weighted by molar-refractivity contribution is 5.81. The molecule has 0 fully saturated rings. The summed E-state index contributed by atoms with van der Waals surface area (Å²) in [5, 5.41) is 12.1. The summed E-state index contributed by atoms with van der Waals surface area (Å²) in [4.78, 5) is 22.8. The number of aryl methyl sites for hydroxylation is 1. The van der Waals surface area contributed by atoms with E-state index in [-0.39, 0.29) is 36.5 Å². The number of carbonyl (C=O) groups is 2. The highest BCUT2D eigenvalue weighted by atomic mass is 16.5. The first-order chi connectivity index (χ1) is 10.0. The van der Waals surface area contributed by atoms with Crippen molar-refractivity contribution in [2.75, 3.05) is 6.61 Å². The molecule has 5 nitrogen and oxygen atoms in total. The van der Waals surface area contributed by atoms with E-state index in [0.29, 0.717) is 6.61 Å². The first-order valence-corrected chi connectivity index (χ1v) is 7.24. The van der Waals surface area contributed by atoms with E-state index in [1.165, 1.54) is 0 Å². The van der Waals surface area contributed by atoms with Gasteiger partial charge in [-0.2, -0.15) is 0 Å². The molecule has 1 atom stereocenters. The number of carbonyl (C=O) groups excluding carboxylic acids is 2. The van der Waals surface area contributed by atoms with Gasteiger partial charge in [0.15, 0.2) is 0 Å². The molecule has 1 unspecified atom stereocenters. The van der Waals surface area contributed by atoms with Crippen molar-refractivity contribution in [2.45, 2.75) is 45.6 Å². The summed E-state index contributed by atoms with van der Waals surface area (Å²) in [6.07, 6.45) is 1.89. The van der Waals surface area contributed by atoms with Crippen LogP contribution in [0.1, 0.15) is 38.7 Å². The third-order valence-electron chi connectivity index (χ3n) is 3.07. The Bertz CT molecular complexity index is 456. The molecule has 0 spiro atoms. The molecule has 0 saturated heterocycles. The molecule has 0 heterocycles. The van der Waals surface area contributed by atoms with Gasteiger partial charge in [-0.1, -0.05) is 12.1 Å². The van der Waals surface area contributed by atoms with Gasteiger partial charge in [0.2, 0.25) is 5.91 Å². The fraction of sp³-hybridized carbons (Fsp3) is 0.500. The summed E-state index contributed by atoms with van der Waals surface area (Å²) >= 11 is 0. The van der Waals surface area contributed by atoms with Crippen LogP contribution in [-0.2, 0) is 20.7 Å². The summed E-state index contributed by atoms with van der Waals surface area (Å²) in [5.74, 6) is -0.232. The maximum atomic E-state index is 11.7. The fourth-order valence-electron chi connectivity index (χ4n) is 1.91. The van der Waals surface area contributed by atoms with E-state index in [2.05, 4.69) is 5.32 Å². The Hall–Kier alpha value is -2.04. The molecular formula is C16H23NO4. The van der Waals surface area contributed by atoms with Crippen molar-refractivity contribution in [1.82, 2.24) is 5.32 Å². The number of rotatable bonds is 8. The lowest BCUT2D eigenvalue weighted by atomic mass is 10.1. The van der Waals surface area contributed by atoms with E-state index >= 15 is 0 Å². The average Bonchev–Trinajstić information content (AvgIpc) is 2.45. The van der Waals surface area contributed by atoms with Crippen LogP contribution in [0, 0.1) is 0 Å². The number of nitrogens with one attached hydrogen (secondary N) is 1. The van der Waals surface area contributed by atoms with Crippen molar-refractivity contribution in [1.29, 1.82) is 0 Å². The summed E-state index contributed by atoms with van der Waals surface area (Å²) in [5.41, 5.74) is 1.11. The van der Waals surface area contributed by atoms with Gasteiger partial charge >= 0.3 is 5.97 Å². The number of amides is 1. The van der Waals surface area contributed by atoms with Crippen LogP contribution < -0.4 is 5.32 Å². The molecule has 0 aromatic heterocycles. The summed E-state index contributed by atoms with van der Waals surface area (Å²) < 4.78 is 4.77. The number of phenols is 1. The molecule has 0 aliphatic rings. The van der Waals surface area contributed by atoms with Crippen LogP contribution in [0.4, 0.5) is 0 Å². The van der Waals surface area contributed by atoms with Gasteiger partial charge in [-0.3, -0.25) is 9.59 Å². The molecule has 116 valence electrons. The predicted octanol–water partition coefficient (Wildman–Crippen LogP) is 2.17. The zero-order chi connectivity index (χ0) is 15.7. The number of hydrogen-bond acceptors (Lipinski definition) is 4. The minimum atomic E-state index is -0.343. The molecule has 0 bridgehead atoms. The van der Waals surface area contributed by atoms with Crippen molar-refractivity contribution in [3.8, 4) is 5.75 Å². The van der Waals surface area contributed by atoms with Crippen LogP contribution in [0.3, 0.4) is 0 Å². The molecule has 1 amide bonds. The number of benzene rings is 1. The van der Waals surface area contributed by atoms with E-state index in [1.807, 2.05) is 19.1 Å². The lowest BCUT2D eigenvalue weighted by Crippen LogP contribution is -2.33. The number of aromatic hydroxyl groups is 1. The number of ether oxygens (including phenoxy) is 1. The van der Waals surface area contributed by atoms with Crippen LogP contribution >= 0.6 is 0 Å². The first-order valence-electron chi connectivity index (χ1n) is 7.24. The highest BCUT2D eigenvalue weighted by Crippen LogP contribution is 2.12. The van der Waals surface area contributed by atoms with Gasteiger partial charge in [0.25, 0.3) is 0 Å². The maximum absolute atomic E-state index is 11.7. The summed E-state index contributed by atoms with van der Waals surface area (Å²) in [7, 11) is 0. The third-order valence-corrected chi connectivity index (χ3v) is 3.07. The molecular weight excluding hydrogens is 270 g/mol. The first kappa shape index (κ1) is 17.0. The van der Waals surface area contributed by atoms with Crippen molar-refractivity contribution in [2.24, 2.45) is 0 Å². The molecule has 0 radical (unpaired) electrons. The third kappa shape index (κ3) is 7.34. The average molecular weight is 293 g/mol. The standard InChI is InChI=1S/C16H23NO4/c1-3-21-16(20)11-10-15(19)17-12(2)4-5-13-6-8-14(18)9-7-13/h6-9,12,18H,3-5,10-11H2,1-2H3,(H,17,19). The van der Waals surface area contributed by atoms with Crippen molar-refractivity contribution in [3.05, 3.63) is 29.8 Å². The van der Waals surface area contributed by atoms with Crippen LogP contribution in [0.25, 0.3) is 0 Å². The quantitative estimate of drug-likeness (QED) is 0.720. The maximum Gasteiger partial charge on any atom is 0.306 e. The Balaban J connectivity index is 2.23. The van der Waals surface area contributed by atoms with Crippen molar-refractivity contribution < 1.29 is 19.4 Å². The van der Waals surface area contributed by atoms with Gasteiger partial charge in [-0.05, 0) is 44.4 Å². The highest BCUT2D eigenvalue weighted by Gasteiger charge is 2.10. The van der Waals surface area contributed by atoms with E-state index in [9.17, 15) is 14.7 Å². The largest absolute Gasteiger partial charge is 0.508 e. The fourth-order valence-corrected chi connectivity index (χ4v) is 1.91. The SMILES string of the molecule is CCOC(=O)CCC(=O)NC(C)CCc1ccc(O)cc1. The molecule has 21 heavy (non-hydrogen) atoms. The normalized spacial score (nSPS) is 11.7. The molecule has 1 aromatic rings. The Morgan fingerprint density at radius 1 is 1.24 bits per heavy atom. The van der Waals surface area contributed by atoms with Crippen LogP contribution in [0.5, 0.6) is 5.75 Å². The molecule has 1 rings (SSSR count). The van der Waals surface area contributed by atoms with E-state index in [4.69, 9.17) is 4.74 Å². The summed E-state index contributed by atoms with van der Waals surface area (Å²) in [6.45, 7) is 4.01. The predicted molar refractivity (Wildman–Crippen MR) is 79.9 cm³/mol. The van der Waals surface area contributed by atoms with Gasteiger partial charge in [0.05, 0.1) is 13.0 Å². The van der Waals surface area contributed by atoms with E-state index in [1.54, 1.807) is 19.1 Å². The molecule has 2 N–H and O–H groups in total. The lowest BCUT2D eigenvalue weighted by Gasteiger charge is -2.13. The van der Waals surface area contributed by atoms with Crippen molar-refractivity contribution in [3.63, 3.8) is 0 Å². The van der Waals surface area contributed by atoms with E-state index < -0.39 is 0 Å². The Labute approximate surface area is 125 Å². The minimum Gasteiger partial charge on any atom is -0.508 e. The Morgan fingerprint density at radius 3 is 2.52 bits per heavy atom. The number of phenolic OH excluding ortho intramolecular Hbond substituents is 1. The molecule has 5 heteroatoms. The molecule has 0 aliphatic carbocycles. The smallest absolute Gasteiger partial charge is 0.306 e. The monoisotopic (exact) mass is 293 g/mol. The van der Waals surface area contributed by atoms with Gasteiger partial charge in [0, 0.05) is 12.5 Å². The van der Waals surface area contributed by atoms with Gasteiger partial charge in [-0.15, -0.1) is 0 Å². The van der Waals surface area contributed by atoms with Gasteiger partial charge in [-0.25, -0.2) is 0 Å². The number of esters is 1. The molecule has 1 aromatic carbocycles. The second-order valence-corrected chi connectivity index (χ2v) is 4.98. The molecule has 0 aliphatic heterocycles. The van der Waals surface area contributed by atoms with Crippen LogP contribution in [0.15, 0.2) is 24.3 Å². The zero-order valence-corrected chi connectivity index (χ0v) is 12.6. The van der Waals surface area contributed by atoms with Crippen LogP contribution in [0.2, 0.25) is 0 Å². The zero-order valence-electron chi connectivity index (χ0n) is 12.6. The summed E-state index contributed by atoms with van der Waals surface area (Å²) in [6, 6.07) is 7.07. The van der Waals surface area contributed by atoms with Gasteiger partial charge in [0.1, 0.15) is 5.75 Å².